The summed E-state index contributed by atoms with van der Waals surface area (Å²) in [6.45, 7) is 0.380. The Labute approximate surface area is 75.2 Å². The van der Waals surface area contributed by atoms with Crippen LogP contribution in [-0.4, -0.2) is 27.7 Å². The summed E-state index contributed by atoms with van der Waals surface area (Å²) >= 11 is 0. The molecule has 2 aliphatic heterocycles. The zero-order chi connectivity index (χ0) is 9.26. The number of carbonyl (C=O) groups is 1. The highest BCUT2D eigenvalue weighted by molar-refractivity contribution is 5.67. The average Bonchev–Trinajstić information content (AvgIpc) is 2.42. The first-order valence-corrected chi connectivity index (χ1v) is 3.87. The fraction of sp³-hybridized carbons (Fsp3) is 0.125. The zero-order valence-corrected chi connectivity index (χ0v) is 6.84. The first kappa shape index (κ1) is 7.72. The molecule has 0 saturated carbocycles. The maximum Gasteiger partial charge on any atom is 0.411 e. The van der Waals surface area contributed by atoms with Crippen molar-refractivity contribution in [3.63, 3.8) is 0 Å². The molecule has 0 aromatic rings. The highest BCUT2D eigenvalue weighted by Crippen LogP contribution is 2.14. The first-order valence-electron chi connectivity index (χ1n) is 3.87. The van der Waals surface area contributed by atoms with Crippen molar-refractivity contribution in [2.24, 2.45) is 0 Å². The molecule has 5 nitrogen and oxygen atoms in total. The second kappa shape index (κ2) is 2.85. The highest BCUT2D eigenvalue weighted by Gasteiger charge is 2.15. The van der Waals surface area contributed by atoms with Gasteiger partial charge in [0.25, 0.3) is 0 Å². The van der Waals surface area contributed by atoms with Gasteiger partial charge in [-0.25, -0.2) is 4.79 Å². The number of nitrogens with one attached hydrogen (secondary N) is 1. The molecule has 0 spiro atoms. The summed E-state index contributed by atoms with van der Waals surface area (Å²) in [6, 6.07) is 0. The number of nitrogens with zero attached hydrogens (tertiary/aromatic N) is 2. The predicted octanol–water partition coefficient (Wildman–Crippen LogP) is 0.669. The van der Waals surface area contributed by atoms with Crippen LogP contribution >= 0.6 is 0 Å². The second-order valence-electron chi connectivity index (χ2n) is 2.71. The van der Waals surface area contributed by atoms with E-state index in [1.807, 2.05) is 6.08 Å². The Morgan fingerprint density at radius 3 is 3.23 bits per heavy atom. The van der Waals surface area contributed by atoms with Crippen LogP contribution in [0.15, 0.2) is 36.4 Å². The lowest BCUT2D eigenvalue weighted by Crippen LogP contribution is -2.25. The van der Waals surface area contributed by atoms with Crippen LogP contribution in [0.25, 0.3) is 0 Å². The molecular weight excluding hydrogens is 170 g/mol. The quantitative estimate of drug-likeness (QED) is 0.573. The van der Waals surface area contributed by atoms with Crippen LogP contribution in [0, 0.1) is 0 Å². The van der Waals surface area contributed by atoms with Crippen LogP contribution in [0.3, 0.4) is 0 Å². The number of rotatable bonds is 0. The zero-order valence-electron chi connectivity index (χ0n) is 6.84. The Kier molecular flexibility index (Phi) is 1.70. The van der Waals surface area contributed by atoms with Crippen LogP contribution < -0.4 is 5.43 Å². The molecule has 2 aliphatic rings. The van der Waals surface area contributed by atoms with E-state index in [4.69, 9.17) is 5.11 Å². The largest absolute Gasteiger partial charge is 0.465 e. The standard InChI is InChI=1S/C8H9N3O2/c12-8(13)10-4-1-5-11-7(6-10)2-3-9-11/h1-3,5-6,9H,4H2,(H,12,13). The molecule has 0 aliphatic carbocycles. The smallest absolute Gasteiger partial charge is 0.411 e. The van der Waals surface area contributed by atoms with Gasteiger partial charge in [0.05, 0.1) is 5.70 Å². The van der Waals surface area contributed by atoms with Crippen LogP contribution in [0.2, 0.25) is 0 Å². The van der Waals surface area contributed by atoms with Gasteiger partial charge in [0.2, 0.25) is 0 Å². The van der Waals surface area contributed by atoms with Crippen molar-refractivity contribution in [2.75, 3.05) is 6.54 Å². The molecule has 2 rings (SSSR count). The van der Waals surface area contributed by atoms with Gasteiger partial charge in [0.15, 0.2) is 0 Å². The molecular formula is C8H9N3O2. The fourth-order valence-electron chi connectivity index (χ4n) is 1.20. The monoisotopic (exact) mass is 179 g/mol. The van der Waals surface area contributed by atoms with E-state index in [1.54, 1.807) is 29.7 Å². The van der Waals surface area contributed by atoms with Gasteiger partial charge >= 0.3 is 6.09 Å². The molecule has 68 valence electrons. The SMILES string of the molecule is O=C(O)N1C=C2C=CNN2C=CC1. The molecule has 0 aromatic carbocycles. The number of amides is 1. The summed E-state index contributed by atoms with van der Waals surface area (Å²) in [4.78, 5) is 11.9. The Bertz CT molecular complexity index is 319. The van der Waals surface area contributed by atoms with Crippen molar-refractivity contribution in [2.45, 2.75) is 0 Å². The van der Waals surface area contributed by atoms with Gasteiger partial charge in [-0.2, -0.15) is 0 Å². The normalized spacial score (nSPS) is 19.2. The summed E-state index contributed by atoms with van der Waals surface area (Å²) in [5.41, 5.74) is 3.75. The highest BCUT2D eigenvalue weighted by atomic mass is 16.4. The van der Waals surface area contributed by atoms with E-state index in [0.717, 1.165) is 5.70 Å². The Morgan fingerprint density at radius 1 is 1.62 bits per heavy atom. The van der Waals surface area contributed by atoms with Crippen molar-refractivity contribution >= 4 is 6.09 Å². The Hall–Kier alpha value is -1.91. The summed E-state index contributed by atoms with van der Waals surface area (Å²) < 4.78 is 0. The van der Waals surface area contributed by atoms with Crippen LogP contribution in [0.5, 0.6) is 0 Å². The van der Waals surface area contributed by atoms with E-state index in [0.29, 0.717) is 6.54 Å². The van der Waals surface area contributed by atoms with E-state index in [-0.39, 0.29) is 0 Å². The van der Waals surface area contributed by atoms with Crippen LogP contribution in [0.4, 0.5) is 4.79 Å². The van der Waals surface area contributed by atoms with Crippen molar-refractivity contribution in [1.29, 1.82) is 0 Å². The average molecular weight is 179 g/mol. The minimum atomic E-state index is -0.945. The molecule has 0 aromatic heterocycles. The van der Waals surface area contributed by atoms with Crippen LogP contribution in [-0.2, 0) is 0 Å². The molecule has 0 unspecified atom stereocenters. The number of fused-ring (bicyclic) bond motifs is 1. The van der Waals surface area contributed by atoms with E-state index in [1.165, 1.54) is 4.90 Å². The number of hydrazine groups is 1. The minimum absolute atomic E-state index is 0.380. The molecule has 5 heteroatoms. The van der Waals surface area contributed by atoms with Gasteiger partial charge < -0.3 is 10.5 Å². The topological polar surface area (TPSA) is 55.8 Å². The molecule has 1 amide bonds. The summed E-state index contributed by atoms with van der Waals surface area (Å²) in [6.07, 6.45) is 7.78. The number of hydrogen-bond donors (Lipinski definition) is 2. The molecule has 2 N–H and O–H groups in total. The maximum atomic E-state index is 10.7. The summed E-state index contributed by atoms with van der Waals surface area (Å²) in [5, 5.41) is 10.5. The molecule has 2 heterocycles. The molecule has 0 radical (unpaired) electrons. The van der Waals surface area contributed by atoms with E-state index in [9.17, 15) is 4.79 Å². The van der Waals surface area contributed by atoms with Gasteiger partial charge in [0.1, 0.15) is 0 Å². The minimum Gasteiger partial charge on any atom is -0.465 e. The molecule has 13 heavy (non-hydrogen) atoms. The number of carboxylic acid groups (broad SMARTS) is 1. The third kappa shape index (κ3) is 1.35. The number of allylic oxidation sites excluding steroid dienone is 1. The third-order valence-corrected chi connectivity index (χ3v) is 1.84. The van der Waals surface area contributed by atoms with Gasteiger partial charge in [-0.3, -0.25) is 9.91 Å². The first-order chi connectivity index (χ1) is 6.27. The van der Waals surface area contributed by atoms with Crippen molar-refractivity contribution in [1.82, 2.24) is 15.3 Å². The fourth-order valence-corrected chi connectivity index (χ4v) is 1.20. The van der Waals surface area contributed by atoms with Crippen LogP contribution in [0.1, 0.15) is 0 Å². The number of hydrogen-bond acceptors (Lipinski definition) is 3. The van der Waals surface area contributed by atoms with E-state index in [2.05, 4.69) is 5.43 Å². The summed E-state index contributed by atoms with van der Waals surface area (Å²) in [7, 11) is 0. The van der Waals surface area contributed by atoms with Gasteiger partial charge in [-0.15, -0.1) is 0 Å². The van der Waals surface area contributed by atoms with Crippen molar-refractivity contribution in [3.8, 4) is 0 Å². The van der Waals surface area contributed by atoms with Crippen molar-refractivity contribution in [3.05, 3.63) is 36.4 Å². The lowest BCUT2D eigenvalue weighted by molar-refractivity contribution is 0.166. The second-order valence-corrected chi connectivity index (χ2v) is 2.71. The van der Waals surface area contributed by atoms with Crippen molar-refractivity contribution < 1.29 is 9.90 Å². The molecule has 0 saturated heterocycles. The van der Waals surface area contributed by atoms with Gasteiger partial charge in [-0.1, -0.05) is 0 Å². The molecule has 0 bridgehead atoms. The predicted molar refractivity (Wildman–Crippen MR) is 46.1 cm³/mol. The lowest BCUT2D eigenvalue weighted by atomic mass is 10.4. The van der Waals surface area contributed by atoms with Gasteiger partial charge in [-0.05, 0) is 12.2 Å². The van der Waals surface area contributed by atoms with E-state index < -0.39 is 6.09 Å². The van der Waals surface area contributed by atoms with E-state index >= 15 is 0 Å². The lowest BCUT2D eigenvalue weighted by Gasteiger charge is -2.14. The van der Waals surface area contributed by atoms with Gasteiger partial charge in [0, 0.05) is 25.1 Å². The third-order valence-electron chi connectivity index (χ3n) is 1.84. The Balaban J connectivity index is 2.27. The maximum absolute atomic E-state index is 10.7. The molecule has 0 atom stereocenters. The molecule has 0 fully saturated rings. The summed E-state index contributed by atoms with van der Waals surface area (Å²) in [5.74, 6) is 0. The Morgan fingerprint density at radius 2 is 2.46 bits per heavy atom.